The average Bonchev–Trinajstić information content (AvgIpc) is 2.53. The Morgan fingerprint density at radius 3 is 2.50 bits per heavy atom. The Morgan fingerprint density at radius 2 is 2.07 bits per heavy atom. The maximum absolute atomic E-state index is 11.6. The van der Waals surface area contributed by atoms with Gasteiger partial charge < -0.3 is 9.26 Å². The number of hydrogen-bond donors (Lipinski definition) is 0. The van der Waals surface area contributed by atoms with Crippen LogP contribution in [0.3, 0.4) is 0 Å². The van der Waals surface area contributed by atoms with Crippen LogP contribution < -0.4 is 0 Å². The lowest BCUT2D eigenvalue weighted by atomic mass is 10.5. The highest BCUT2D eigenvalue weighted by atomic mass is 19.4. The Labute approximate surface area is 74.4 Å². The minimum atomic E-state index is -5.21. The Bertz CT molecular complexity index is 342. The molecule has 0 spiro atoms. The second-order valence-electron chi connectivity index (χ2n) is 2.05. The first kappa shape index (κ1) is 10.2. The van der Waals surface area contributed by atoms with Crippen LogP contribution in [0.15, 0.2) is 16.8 Å². The molecule has 0 radical (unpaired) electrons. The van der Waals surface area contributed by atoms with E-state index in [2.05, 4.69) is 14.4 Å². The third-order valence-corrected chi connectivity index (χ3v) is 1.06. The van der Waals surface area contributed by atoms with E-state index in [4.69, 9.17) is 0 Å². The Kier molecular flexibility index (Phi) is 2.54. The molecule has 0 aliphatic heterocycles. The van der Waals surface area contributed by atoms with Gasteiger partial charge in [-0.3, -0.25) is 0 Å². The smallest absolute Gasteiger partial charge is 0.380 e. The number of aromatic nitrogens is 1. The maximum Gasteiger partial charge on any atom is 0.491 e. The molecule has 0 saturated carbocycles. The molecule has 1 heterocycles. The number of esters is 2. The lowest BCUT2D eigenvalue weighted by Crippen LogP contribution is -2.27. The molecule has 14 heavy (non-hydrogen) atoms. The van der Waals surface area contributed by atoms with E-state index in [0.717, 1.165) is 12.3 Å². The lowest BCUT2D eigenvalue weighted by molar-refractivity contribution is -0.193. The molecule has 0 amide bonds. The van der Waals surface area contributed by atoms with Gasteiger partial charge in [0.2, 0.25) is 5.76 Å². The van der Waals surface area contributed by atoms with E-state index >= 15 is 0 Å². The summed E-state index contributed by atoms with van der Waals surface area (Å²) in [6.07, 6.45) is -4.19. The molecular formula is C6H2F3NO4. The largest absolute Gasteiger partial charge is 0.491 e. The molecule has 0 unspecified atom stereocenters. The van der Waals surface area contributed by atoms with Crippen LogP contribution in [0.4, 0.5) is 13.2 Å². The van der Waals surface area contributed by atoms with Gasteiger partial charge in [-0.2, -0.15) is 13.2 Å². The highest BCUT2D eigenvalue weighted by Crippen LogP contribution is 2.17. The van der Waals surface area contributed by atoms with Crippen molar-refractivity contribution in [2.45, 2.75) is 6.18 Å². The molecule has 0 saturated heterocycles. The first-order valence-corrected chi connectivity index (χ1v) is 3.15. The van der Waals surface area contributed by atoms with E-state index in [0.29, 0.717) is 0 Å². The fraction of sp³-hybridized carbons (Fsp3) is 0.167. The fourth-order valence-corrected chi connectivity index (χ4v) is 0.513. The van der Waals surface area contributed by atoms with Crippen LogP contribution >= 0.6 is 0 Å². The molecular weight excluding hydrogens is 207 g/mol. The van der Waals surface area contributed by atoms with Crippen molar-refractivity contribution in [3.05, 3.63) is 18.0 Å². The normalized spacial score (nSPS) is 11.1. The molecule has 0 bridgehead atoms. The number of hydrogen-bond acceptors (Lipinski definition) is 5. The summed E-state index contributed by atoms with van der Waals surface area (Å²) in [6.45, 7) is 0. The van der Waals surface area contributed by atoms with E-state index < -0.39 is 23.9 Å². The second-order valence-corrected chi connectivity index (χ2v) is 2.05. The van der Waals surface area contributed by atoms with Crippen molar-refractivity contribution in [3.8, 4) is 0 Å². The Morgan fingerprint density at radius 1 is 1.43 bits per heavy atom. The molecule has 0 fully saturated rings. The van der Waals surface area contributed by atoms with Crippen molar-refractivity contribution >= 4 is 11.9 Å². The van der Waals surface area contributed by atoms with E-state index in [-0.39, 0.29) is 0 Å². The second kappa shape index (κ2) is 3.48. The number of carbonyl (C=O) groups is 2. The minimum absolute atomic E-state index is 0.581. The van der Waals surface area contributed by atoms with Crippen LogP contribution in [0.1, 0.15) is 10.6 Å². The van der Waals surface area contributed by atoms with Crippen LogP contribution in [-0.2, 0) is 9.53 Å². The standard InChI is InChI=1S/C6H2F3NO4/c7-6(8,9)5(12)13-4(11)3-1-2-10-14-3/h1-2H. The number of alkyl halides is 3. The van der Waals surface area contributed by atoms with Gasteiger partial charge in [0.05, 0.1) is 6.20 Å². The van der Waals surface area contributed by atoms with Gasteiger partial charge in [-0.25, -0.2) is 9.59 Å². The zero-order valence-corrected chi connectivity index (χ0v) is 6.37. The third kappa shape index (κ3) is 2.31. The number of carbonyl (C=O) groups excluding carboxylic acids is 2. The highest BCUT2D eigenvalue weighted by Gasteiger charge is 2.43. The van der Waals surface area contributed by atoms with Gasteiger partial charge >= 0.3 is 18.1 Å². The Hall–Kier alpha value is -1.86. The molecule has 76 valence electrons. The van der Waals surface area contributed by atoms with Crippen molar-refractivity contribution in [1.82, 2.24) is 5.16 Å². The van der Waals surface area contributed by atoms with Crippen LogP contribution in [0.2, 0.25) is 0 Å². The summed E-state index contributed by atoms with van der Waals surface area (Å²) in [5.41, 5.74) is 0. The van der Waals surface area contributed by atoms with Crippen LogP contribution in [-0.4, -0.2) is 23.3 Å². The van der Waals surface area contributed by atoms with Crippen LogP contribution in [0, 0.1) is 0 Å². The van der Waals surface area contributed by atoms with E-state index in [9.17, 15) is 22.8 Å². The maximum atomic E-state index is 11.6. The van der Waals surface area contributed by atoms with Crippen molar-refractivity contribution in [2.24, 2.45) is 0 Å². The molecule has 0 aliphatic carbocycles. The molecule has 8 heteroatoms. The van der Waals surface area contributed by atoms with E-state index in [1.165, 1.54) is 0 Å². The van der Waals surface area contributed by atoms with Gasteiger partial charge in [-0.1, -0.05) is 5.16 Å². The third-order valence-electron chi connectivity index (χ3n) is 1.06. The van der Waals surface area contributed by atoms with Crippen molar-refractivity contribution in [3.63, 3.8) is 0 Å². The van der Waals surface area contributed by atoms with Gasteiger partial charge in [-0.05, 0) is 0 Å². The van der Waals surface area contributed by atoms with Crippen molar-refractivity contribution in [1.29, 1.82) is 0 Å². The van der Waals surface area contributed by atoms with Gasteiger partial charge in [0.25, 0.3) is 0 Å². The zero-order chi connectivity index (χ0) is 10.8. The number of nitrogens with zero attached hydrogens (tertiary/aromatic N) is 1. The highest BCUT2D eigenvalue weighted by molar-refractivity contribution is 5.96. The minimum Gasteiger partial charge on any atom is -0.380 e. The summed E-state index contributed by atoms with van der Waals surface area (Å²) in [4.78, 5) is 20.8. The number of halogens is 3. The topological polar surface area (TPSA) is 69.4 Å². The molecule has 1 aromatic heterocycles. The predicted molar refractivity (Wildman–Crippen MR) is 33.0 cm³/mol. The first-order valence-electron chi connectivity index (χ1n) is 3.15. The summed E-state index contributed by atoms with van der Waals surface area (Å²) in [7, 11) is 0. The molecule has 0 aliphatic rings. The molecule has 0 atom stereocenters. The molecule has 1 aromatic rings. The van der Waals surface area contributed by atoms with Crippen molar-refractivity contribution in [2.75, 3.05) is 0 Å². The van der Waals surface area contributed by atoms with E-state index in [1.807, 2.05) is 0 Å². The predicted octanol–water partition coefficient (Wildman–Crippen LogP) is 0.920. The van der Waals surface area contributed by atoms with Gasteiger partial charge in [0.1, 0.15) is 0 Å². The lowest BCUT2D eigenvalue weighted by Gasteiger charge is -2.02. The SMILES string of the molecule is O=C(OC(=O)C(F)(F)F)c1ccno1. The summed E-state index contributed by atoms with van der Waals surface area (Å²) in [6, 6.07) is 0.964. The van der Waals surface area contributed by atoms with Crippen LogP contribution in [0.5, 0.6) is 0 Å². The summed E-state index contributed by atoms with van der Waals surface area (Å²) < 4.78 is 42.3. The fourth-order valence-electron chi connectivity index (χ4n) is 0.513. The Balaban J connectivity index is 2.63. The molecule has 1 rings (SSSR count). The quantitative estimate of drug-likeness (QED) is 0.508. The number of rotatable bonds is 1. The molecule has 0 N–H and O–H groups in total. The van der Waals surface area contributed by atoms with Crippen LogP contribution in [0.25, 0.3) is 0 Å². The summed E-state index contributed by atoms with van der Waals surface area (Å²) >= 11 is 0. The van der Waals surface area contributed by atoms with Gasteiger partial charge in [0.15, 0.2) is 0 Å². The van der Waals surface area contributed by atoms with E-state index in [1.54, 1.807) is 0 Å². The molecule has 0 aromatic carbocycles. The van der Waals surface area contributed by atoms with Gasteiger partial charge in [0, 0.05) is 6.07 Å². The zero-order valence-electron chi connectivity index (χ0n) is 6.37. The summed E-state index contributed by atoms with van der Waals surface area (Å²) in [5, 5.41) is 3.04. The summed E-state index contributed by atoms with van der Waals surface area (Å²) in [5.74, 6) is -4.72. The number of ether oxygens (including phenoxy) is 1. The monoisotopic (exact) mass is 209 g/mol. The van der Waals surface area contributed by atoms with Gasteiger partial charge in [-0.15, -0.1) is 0 Å². The first-order chi connectivity index (χ1) is 6.41. The molecule has 5 nitrogen and oxygen atoms in total. The average molecular weight is 209 g/mol. The van der Waals surface area contributed by atoms with Crippen molar-refractivity contribution < 1.29 is 32.0 Å².